The summed E-state index contributed by atoms with van der Waals surface area (Å²) in [6.07, 6.45) is 2.66. The maximum atomic E-state index is 11.5. The van der Waals surface area contributed by atoms with Crippen molar-refractivity contribution in [3.63, 3.8) is 0 Å². The second-order valence-electron chi connectivity index (χ2n) is 4.65. The van der Waals surface area contributed by atoms with Gasteiger partial charge in [-0.3, -0.25) is 9.78 Å². The van der Waals surface area contributed by atoms with Gasteiger partial charge in [0.25, 0.3) is 0 Å². The number of pyridine rings is 1. The Labute approximate surface area is 109 Å². The van der Waals surface area contributed by atoms with E-state index in [1.54, 1.807) is 6.20 Å². The molecule has 0 aliphatic carbocycles. The zero-order valence-corrected chi connectivity index (χ0v) is 11.3. The summed E-state index contributed by atoms with van der Waals surface area (Å²) < 4.78 is 4.80. The first kappa shape index (κ1) is 14.6. The van der Waals surface area contributed by atoms with Crippen LogP contribution in [-0.2, 0) is 16.0 Å². The van der Waals surface area contributed by atoms with Crippen molar-refractivity contribution < 1.29 is 9.53 Å². The minimum absolute atomic E-state index is 0.0845. The highest BCUT2D eigenvalue weighted by Gasteiger charge is 2.22. The first-order valence-electron chi connectivity index (χ1n) is 6.33. The van der Waals surface area contributed by atoms with Gasteiger partial charge in [0.05, 0.1) is 13.0 Å². The Morgan fingerprint density at radius 2 is 2.22 bits per heavy atom. The number of rotatable bonds is 7. The van der Waals surface area contributed by atoms with Gasteiger partial charge in [-0.25, -0.2) is 0 Å². The van der Waals surface area contributed by atoms with Crippen molar-refractivity contribution in [1.82, 2.24) is 10.3 Å². The summed E-state index contributed by atoms with van der Waals surface area (Å²) in [4.78, 5) is 15.8. The molecule has 4 heteroatoms. The van der Waals surface area contributed by atoms with E-state index in [1.807, 2.05) is 32.0 Å². The van der Waals surface area contributed by atoms with Crippen molar-refractivity contribution in [2.45, 2.75) is 20.3 Å². The van der Waals surface area contributed by atoms with E-state index in [-0.39, 0.29) is 17.8 Å². The monoisotopic (exact) mass is 250 g/mol. The van der Waals surface area contributed by atoms with Gasteiger partial charge < -0.3 is 10.1 Å². The molecule has 0 spiro atoms. The topological polar surface area (TPSA) is 51.2 Å². The Bertz CT molecular complexity index is 352. The quantitative estimate of drug-likeness (QED) is 0.590. The van der Waals surface area contributed by atoms with Crippen LogP contribution in [0.5, 0.6) is 0 Å². The Morgan fingerprint density at radius 3 is 2.78 bits per heavy atom. The van der Waals surface area contributed by atoms with Gasteiger partial charge in [-0.2, -0.15) is 0 Å². The van der Waals surface area contributed by atoms with Crippen molar-refractivity contribution >= 4 is 5.97 Å². The van der Waals surface area contributed by atoms with Gasteiger partial charge >= 0.3 is 5.97 Å². The van der Waals surface area contributed by atoms with Crippen LogP contribution in [0.25, 0.3) is 0 Å². The van der Waals surface area contributed by atoms with E-state index in [4.69, 9.17) is 4.74 Å². The number of nitrogens with one attached hydrogen (secondary N) is 1. The molecule has 1 aromatic rings. The van der Waals surface area contributed by atoms with E-state index >= 15 is 0 Å². The van der Waals surface area contributed by atoms with Crippen LogP contribution in [-0.4, -0.2) is 31.2 Å². The minimum atomic E-state index is -0.143. The maximum absolute atomic E-state index is 11.5. The zero-order chi connectivity index (χ0) is 13.4. The highest BCUT2D eigenvalue weighted by atomic mass is 16.5. The number of ether oxygens (including phenoxy) is 1. The summed E-state index contributed by atoms with van der Waals surface area (Å²) in [5.74, 6) is 0.0499. The summed E-state index contributed by atoms with van der Waals surface area (Å²) in [6, 6.07) is 5.89. The second-order valence-corrected chi connectivity index (χ2v) is 4.65. The van der Waals surface area contributed by atoms with Crippen LogP contribution in [0.15, 0.2) is 24.4 Å². The average Bonchev–Trinajstić information content (AvgIpc) is 2.38. The first-order chi connectivity index (χ1) is 8.65. The molecule has 0 bridgehead atoms. The molecule has 4 nitrogen and oxygen atoms in total. The van der Waals surface area contributed by atoms with Crippen molar-refractivity contribution in [2.24, 2.45) is 11.8 Å². The SMILES string of the molecule is COC(=O)C(CNCCc1ccccn1)C(C)C. The fourth-order valence-electron chi connectivity index (χ4n) is 1.76. The molecule has 0 aromatic carbocycles. The fourth-order valence-corrected chi connectivity index (χ4v) is 1.76. The van der Waals surface area contributed by atoms with Crippen LogP contribution in [0.3, 0.4) is 0 Å². The highest BCUT2D eigenvalue weighted by molar-refractivity contribution is 5.72. The van der Waals surface area contributed by atoms with E-state index in [1.165, 1.54) is 7.11 Å². The molecule has 1 N–H and O–H groups in total. The van der Waals surface area contributed by atoms with Gasteiger partial charge in [-0.1, -0.05) is 19.9 Å². The molecular formula is C14H22N2O2. The summed E-state index contributed by atoms with van der Waals surface area (Å²) >= 11 is 0. The summed E-state index contributed by atoms with van der Waals surface area (Å²) in [6.45, 7) is 5.53. The van der Waals surface area contributed by atoms with E-state index in [0.717, 1.165) is 18.7 Å². The number of aromatic nitrogens is 1. The van der Waals surface area contributed by atoms with E-state index < -0.39 is 0 Å². The predicted octanol–water partition coefficient (Wildman–Crippen LogP) is 1.66. The van der Waals surface area contributed by atoms with Crippen LogP contribution in [0.1, 0.15) is 19.5 Å². The molecule has 1 unspecified atom stereocenters. The van der Waals surface area contributed by atoms with Crippen LogP contribution in [0.2, 0.25) is 0 Å². The average molecular weight is 250 g/mol. The summed E-state index contributed by atoms with van der Waals surface area (Å²) in [5, 5.41) is 3.29. The third-order valence-electron chi connectivity index (χ3n) is 2.96. The predicted molar refractivity (Wildman–Crippen MR) is 71.2 cm³/mol. The number of nitrogens with zero attached hydrogens (tertiary/aromatic N) is 1. The standard InChI is InChI=1S/C14H22N2O2/c1-11(2)13(14(17)18-3)10-15-9-7-12-6-4-5-8-16-12/h4-6,8,11,13,15H,7,9-10H2,1-3H3. The molecule has 0 amide bonds. The smallest absolute Gasteiger partial charge is 0.310 e. The second kappa shape index (κ2) is 7.82. The van der Waals surface area contributed by atoms with E-state index in [0.29, 0.717) is 6.54 Å². The van der Waals surface area contributed by atoms with E-state index in [2.05, 4.69) is 10.3 Å². The summed E-state index contributed by atoms with van der Waals surface area (Å²) in [7, 11) is 1.44. The number of hydrogen-bond acceptors (Lipinski definition) is 4. The Hall–Kier alpha value is -1.42. The molecule has 18 heavy (non-hydrogen) atoms. The number of esters is 1. The Balaban J connectivity index is 2.29. The van der Waals surface area contributed by atoms with Crippen molar-refractivity contribution in [3.05, 3.63) is 30.1 Å². The molecule has 0 radical (unpaired) electrons. The van der Waals surface area contributed by atoms with Crippen LogP contribution >= 0.6 is 0 Å². The molecular weight excluding hydrogens is 228 g/mol. The van der Waals surface area contributed by atoms with Crippen LogP contribution in [0, 0.1) is 11.8 Å². The number of carbonyl (C=O) groups is 1. The lowest BCUT2D eigenvalue weighted by Gasteiger charge is -2.18. The van der Waals surface area contributed by atoms with Gasteiger partial charge in [0.15, 0.2) is 0 Å². The third-order valence-corrected chi connectivity index (χ3v) is 2.96. The van der Waals surface area contributed by atoms with Gasteiger partial charge in [-0.05, 0) is 18.1 Å². The molecule has 0 aliphatic heterocycles. The number of hydrogen-bond donors (Lipinski definition) is 1. The lowest BCUT2D eigenvalue weighted by Crippen LogP contribution is -2.34. The molecule has 0 fully saturated rings. The van der Waals surface area contributed by atoms with Gasteiger partial charge in [0, 0.05) is 31.4 Å². The molecule has 1 aromatic heterocycles. The number of carbonyl (C=O) groups excluding carboxylic acids is 1. The largest absolute Gasteiger partial charge is 0.469 e. The molecule has 1 heterocycles. The minimum Gasteiger partial charge on any atom is -0.469 e. The van der Waals surface area contributed by atoms with Crippen molar-refractivity contribution in [2.75, 3.05) is 20.2 Å². The Kier molecular flexibility index (Phi) is 6.36. The van der Waals surface area contributed by atoms with Crippen molar-refractivity contribution in [1.29, 1.82) is 0 Å². The van der Waals surface area contributed by atoms with Gasteiger partial charge in [0.1, 0.15) is 0 Å². The van der Waals surface area contributed by atoms with Crippen molar-refractivity contribution in [3.8, 4) is 0 Å². The normalized spacial score (nSPS) is 12.4. The molecule has 100 valence electrons. The van der Waals surface area contributed by atoms with Crippen LogP contribution in [0.4, 0.5) is 0 Å². The molecule has 1 rings (SSSR count). The fraction of sp³-hybridized carbons (Fsp3) is 0.571. The maximum Gasteiger partial charge on any atom is 0.310 e. The molecule has 0 saturated carbocycles. The molecule has 1 atom stereocenters. The van der Waals surface area contributed by atoms with E-state index in [9.17, 15) is 4.79 Å². The van der Waals surface area contributed by atoms with Gasteiger partial charge in [0.2, 0.25) is 0 Å². The highest BCUT2D eigenvalue weighted by Crippen LogP contribution is 2.11. The first-order valence-corrected chi connectivity index (χ1v) is 6.33. The lowest BCUT2D eigenvalue weighted by molar-refractivity contribution is -0.146. The zero-order valence-electron chi connectivity index (χ0n) is 11.3. The molecule has 0 aliphatic rings. The van der Waals surface area contributed by atoms with Gasteiger partial charge in [-0.15, -0.1) is 0 Å². The summed E-state index contributed by atoms with van der Waals surface area (Å²) in [5.41, 5.74) is 1.06. The van der Waals surface area contributed by atoms with Crippen LogP contribution < -0.4 is 5.32 Å². The molecule has 0 saturated heterocycles. The Morgan fingerprint density at radius 1 is 1.44 bits per heavy atom. The third kappa shape index (κ3) is 4.84. The number of methoxy groups -OCH3 is 1. The lowest BCUT2D eigenvalue weighted by atomic mass is 9.96.